The number of aryl methyl sites for hydroxylation is 2. The molecule has 94 valence electrons. The predicted molar refractivity (Wildman–Crippen MR) is 83.8 cm³/mol. The van der Waals surface area contributed by atoms with Gasteiger partial charge in [-0.3, -0.25) is 0 Å². The Morgan fingerprint density at radius 1 is 1.06 bits per heavy atom. The number of nitrogens with one attached hydrogen (secondary N) is 1. The molecule has 0 radical (unpaired) electrons. The van der Waals surface area contributed by atoms with Crippen LogP contribution in [0.15, 0.2) is 33.3 Å². The summed E-state index contributed by atoms with van der Waals surface area (Å²) < 4.78 is 1.96. The molecule has 0 saturated heterocycles. The van der Waals surface area contributed by atoms with Gasteiger partial charge in [0.2, 0.25) is 0 Å². The van der Waals surface area contributed by atoms with Crippen molar-refractivity contribution in [3.05, 3.63) is 49.5 Å². The van der Waals surface area contributed by atoms with Crippen molar-refractivity contribution in [2.45, 2.75) is 13.8 Å². The normalized spacial score (nSPS) is 10.5. The predicted octanol–water partition coefficient (Wildman–Crippen LogP) is 5.62. The van der Waals surface area contributed by atoms with Crippen LogP contribution in [0.25, 0.3) is 0 Å². The molecule has 0 atom stereocenters. The average Bonchev–Trinajstić information content (AvgIpc) is 2.31. The largest absolute Gasteiger partial charge is 0.339 e. The second kappa shape index (κ2) is 5.59. The van der Waals surface area contributed by atoms with Gasteiger partial charge in [0.05, 0.1) is 5.69 Å². The smallest absolute Gasteiger partial charge is 0.130 e. The van der Waals surface area contributed by atoms with Crippen molar-refractivity contribution in [3.8, 4) is 0 Å². The molecule has 1 aromatic carbocycles. The van der Waals surface area contributed by atoms with Crippen molar-refractivity contribution in [2.24, 2.45) is 0 Å². The van der Waals surface area contributed by atoms with Crippen molar-refractivity contribution >= 4 is 55.0 Å². The van der Waals surface area contributed by atoms with Crippen molar-refractivity contribution in [2.75, 3.05) is 5.32 Å². The molecule has 0 amide bonds. The first-order valence-corrected chi connectivity index (χ1v) is 7.28. The molecule has 0 spiro atoms. The lowest BCUT2D eigenvalue weighted by Gasteiger charge is -2.10. The quantitative estimate of drug-likeness (QED) is 0.720. The fourth-order valence-corrected chi connectivity index (χ4v) is 2.43. The minimum Gasteiger partial charge on any atom is -0.339 e. The molecule has 0 aliphatic rings. The maximum absolute atomic E-state index is 6.12. The maximum Gasteiger partial charge on any atom is 0.130 e. The summed E-state index contributed by atoms with van der Waals surface area (Å²) in [6, 6.07) is 5.85. The van der Waals surface area contributed by atoms with Gasteiger partial charge in [0.1, 0.15) is 5.82 Å². The van der Waals surface area contributed by atoms with E-state index in [4.69, 9.17) is 11.6 Å². The number of hydrogen-bond donors (Lipinski definition) is 1. The molecule has 2 rings (SSSR count). The van der Waals surface area contributed by atoms with Crippen LogP contribution in [0.4, 0.5) is 11.5 Å². The number of halogens is 3. The van der Waals surface area contributed by atoms with Crippen molar-refractivity contribution < 1.29 is 0 Å². The molecule has 0 aliphatic heterocycles. The molecule has 0 bridgehead atoms. The van der Waals surface area contributed by atoms with Gasteiger partial charge in [0, 0.05) is 20.2 Å². The third-order valence-electron chi connectivity index (χ3n) is 2.56. The highest BCUT2D eigenvalue weighted by Gasteiger charge is 2.06. The Morgan fingerprint density at radius 3 is 2.44 bits per heavy atom. The molecule has 0 unspecified atom stereocenters. The van der Waals surface area contributed by atoms with E-state index in [1.807, 2.05) is 32.0 Å². The Labute approximate surface area is 128 Å². The Hall–Kier alpha value is -0.580. The van der Waals surface area contributed by atoms with E-state index in [1.54, 1.807) is 6.20 Å². The van der Waals surface area contributed by atoms with E-state index in [-0.39, 0.29) is 0 Å². The highest BCUT2D eigenvalue weighted by molar-refractivity contribution is 9.10. The number of hydrogen-bond acceptors (Lipinski definition) is 2. The molecule has 18 heavy (non-hydrogen) atoms. The number of pyridine rings is 1. The summed E-state index contributed by atoms with van der Waals surface area (Å²) in [5.41, 5.74) is 3.07. The Bertz CT molecular complexity index is 600. The molecule has 0 aliphatic carbocycles. The zero-order chi connectivity index (χ0) is 13.3. The Balaban J connectivity index is 2.34. The van der Waals surface area contributed by atoms with E-state index in [2.05, 4.69) is 42.2 Å². The van der Waals surface area contributed by atoms with E-state index in [0.29, 0.717) is 0 Å². The first kappa shape index (κ1) is 13.8. The van der Waals surface area contributed by atoms with Gasteiger partial charge in [-0.15, -0.1) is 0 Å². The standard InChI is InChI=1S/C13H11Br2ClN2/c1-7-4-13(17-6-10(7)15)18-12-5-11(16)8(2)3-9(12)14/h3-6H,1-2H3,(H,17,18). The Morgan fingerprint density at radius 2 is 1.78 bits per heavy atom. The summed E-state index contributed by atoms with van der Waals surface area (Å²) in [7, 11) is 0. The van der Waals surface area contributed by atoms with E-state index < -0.39 is 0 Å². The molecule has 2 nitrogen and oxygen atoms in total. The number of nitrogens with zero attached hydrogens (tertiary/aromatic N) is 1. The molecule has 5 heteroatoms. The summed E-state index contributed by atoms with van der Waals surface area (Å²) in [4.78, 5) is 4.31. The summed E-state index contributed by atoms with van der Waals surface area (Å²) in [6.45, 7) is 3.99. The topological polar surface area (TPSA) is 24.9 Å². The van der Waals surface area contributed by atoms with Gasteiger partial charge in [0.25, 0.3) is 0 Å². The third-order valence-corrected chi connectivity index (χ3v) is 4.45. The van der Waals surface area contributed by atoms with Crippen LogP contribution in [0.2, 0.25) is 5.02 Å². The van der Waals surface area contributed by atoms with E-state index in [0.717, 1.165) is 36.6 Å². The fourth-order valence-electron chi connectivity index (χ4n) is 1.49. The lowest BCUT2D eigenvalue weighted by molar-refractivity contribution is 1.25. The van der Waals surface area contributed by atoms with Crippen LogP contribution >= 0.6 is 43.5 Å². The van der Waals surface area contributed by atoms with Crippen LogP contribution in [0.3, 0.4) is 0 Å². The van der Waals surface area contributed by atoms with Gasteiger partial charge in [-0.25, -0.2) is 4.98 Å². The summed E-state index contributed by atoms with van der Waals surface area (Å²) in [5.74, 6) is 0.788. The molecule has 0 saturated carbocycles. The number of rotatable bonds is 2. The molecular formula is C13H11Br2ClN2. The van der Waals surface area contributed by atoms with Crippen LogP contribution in [0.1, 0.15) is 11.1 Å². The van der Waals surface area contributed by atoms with E-state index in [1.165, 1.54) is 0 Å². The summed E-state index contributed by atoms with van der Waals surface area (Å²) in [6.07, 6.45) is 1.78. The second-order valence-electron chi connectivity index (χ2n) is 4.02. The van der Waals surface area contributed by atoms with Crippen molar-refractivity contribution in [1.29, 1.82) is 0 Å². The van der Waals surface area contributed by atoms with Crippen LogP contribution in [-0.2, 0) is 0 Å². The number of anilines is 2. The van der Waals surface area contributed by atoms with Crippen molar-refractivity contribution in [1.82, 2.24) is 4.98 Å². The maximum atomic E-state index is 6.12. The summed E-state index contributed by atoms with van der Waals surface area (Å²) >= 11 is 13.1. The molecule has 0 fully saturated rings. The first-order valence-electron chi connectivity index (χ1n) is 5.32. The van der Waals surface area contributed by atoms with Crippen LogP contribution < -0.4 is 5.32 Å². The van der Waals surface area contributed by atoms with Gasteiger partial charge < -0.3 is 5.32 Å². The highest BCUT2D eigenvalue weighted by atomic mass is 79.9. The zero-order valence-corrected chi connectivity index (χ0v) is 13.8. The number of aromatic nitrogens is 1. The molecular weight excluding hydrogens is 379 g/mol. The lowest BCUT2D eigenvalue weighted by atomic mass is 10.2. The lowest BCUT2D eigenvalue weighted by Crippen LogP contribution is -1.96. The van der Waals surface area contributed by atoms with Crippen molar-refractivity contribution in [3.63, 3.8) is 0 Å². The van der Waals surface area contributed by atoms with Crippen LogP contribution in [0, 0.1) is 13.8 Å². The zero-order valence-electron chi connectivity index (χ0n) is 9.89. The highest BCUT2D eigenvalue weighted by Crippen LogP contribution is 2.31. The average molecular weight is 391 g/mol. The fraction of sp³-hybridized carbons (Fsp3) is 0.154. The van der Waals surface area contributed by atoms with Crippen LogP contribution in [0.5, 0.6) is 0 Å². The van der Waals surface area contributed by atoms with Gasteiger partial charge >= 0.3 is 0 Å². The van der Waals surface area contributed by atoms with Gasteiger partial charge in [-0.1, -0.05) is 11.6 Å². The number of benzene rings is 1. The van der Waals surface area contributed by atoms with E-state index in [9.17, 15) is 0 Å². The minimum absolute atomic E-state index is 0.731. The second-order valence-corrected chi connectivity index (χ2v) is 6.14. The van der Waals surface area contributed by atoms with Gasteiger partial charge in [-0.2, -0.15) is 0 Å². The SMILES string of the molecule is Cc1cc(Br)c(Nc2cc(C)c(Br)cn2)cc1Cl. The third kappa shape index (κ3) is 3.05. The minimum atomic E-state index is 0.731. The molecule has 1 heterocycles. The first-order chi connectivity index (χ1) is 8.47. The van der Waals surface area contributed by atoms with Gasteiger partial charge in [0.15, 0.2) is 0 Å². The molecule has 2 aromatic rings. The van der Waals surface area contributed by atoms with E-state index >= 15 is 0 Å². The molecule has 1 aromatic heterocycles. The molecule has 1 N–H and O–H groups in total. The van der Waals surface area contributed by atoms with Gasteiger partial charge in [-0.05, 0) is 75.0 Å². The Kier molecular flexibility index (Phi) is 4.30. The van der Waals surface area contributed by atoms with Crippen LogP contribution in [-0.4, -0.2) is 4.98 Å². The monoisotopic (exact) mass is 388 g/mol. The summed E-state index contributed by atoms with van der Waals surface area (Å²) in [5, 5.41) is 3.98.